The van der Waals surface area contributed by atoms with Gasteiger partial charge in [-0.2, -0.15) is 0 Å². The van der Waals surface area contributed by atoms with Crippen LogP contribution in [0.5, 0.6) is 0 Å². The Bertz CT molecular complexity index is 323. The molecule has 4 heteroatoms. The lowest BCUT2D eigenvalue weighted by atomic mass is 9.85. The van der Waals surface area contributed by atoms with E-state index in [0.717, 1.165) is 19.6 Å². The van der Waals surface area contributed by atoms with Gasteiger partial charge in [0.05, 0.1) is 13.2 Å². The maximum Gasteiger partial charge on any atom is 0.320 e. The Hall–Kier alpha value is -0.610. The number of hydrogen-bond donors (Lipinski definition) is 1. The zero-order chi connectivity index (χ0) is 16.0. The van der Waals surface area contributed by atoms with Crippen molar-refractivity contribution in [1.82, 2.24) is 10.2 Å². The molecular weight excluding hydrogens is 264 g/mol. The van der Waals surface area contributed by atoms with E-state index in [4.69, 9.17) is 4.74 Å². The zero-order valence-corrected chi connectivity index (χ0v) is 14.7. The number of carbonyl (C=O) groups excluding carboxylic acids is 1. The standard InChI is InChI=1S/C17H34N2O2/c1-7-21-16(20)11-19-9-14(13(2)3)8-15(10-19)18-12-17(4,5)6/h13-15,18H,7-12H2,1-6H3. The molecule has 124 valence electrons. The Morgan fingerprint density at radius 3 is 2.52 bits per heavy atom. The Kier molecular flexibility index (Phi) is 7.14. The largest absolute Gasteiger partial charge is 0.465 e. The highest BCUT2D eigenvalue weighted by Gasteiger charge is 2.30. The van der Waals surface area contributed by atoms with Crippen LogP contribution in [0.1, 0.15) is 48.0 Å². The van der Waals surface area contributed by atoms with E-state index in [1.54, 1.807) is 0 Å². The number of nitrogens with one attached hydrogen (secondary N) is 1. The van der Waals surface area contributed by atoms with E-state index < -0.39 is 0 Å². The Balaban J connectivity index is 2.57. The minimum Gasteiger partial charge on any atom is -0.465 e. The fourth-order valence-corrected chi connectivity index (χ4v) is 2.83. The predicted octanol–water partition coefficient (Wildman–Crippen LogP) is 2.53. The molecule has 1 aliphatic heterocycles. The van der Waals surface area contributed by atoms with E-state index in [0.29, 0.717) is 31.0 Å². The molecule has 2 unspecified atom stereocenters. The minimum absolute atomic E-state index is 0.100. The van der Waals surface area contributed by atoms with Crippen LogP contribution in [0, 0.1) is 17.3 Å². The maximum atomic E-state index is 11.7. The van der Waals surface area contributed by atoms with Crippen molar-refractivity contribution in [2.45, 2.75) is 54.0 Å². The molecule has 1 saturated heterocycles. The second-order valence-electron chi connectivity index (χ2n) is 7.88. The van der Waals surface area contributed by atoms with Crippen LogP contribution in [0.2, 0.25) is 0 Å². The molecule has 4 nitrogen and oxygen atoms in total. The lowest BCUT2D eigenvalue weighted by molar-refractivity contribution is -0.145. The molecule has 0 amide bonds. The van der Waals surface area contributed by atoms with Crippen molar-refractivity contribution in [3.05, 3.63) is 0 Å². The molecule has 0 aromatic heterocycles. The van der Waals surface area contributed by atoms with Gasteiger partial charge < -0.3 is 10.1 Å². The van der Waals surface area contributed by atoms with Crippen molar-refractivity contribution in [3.63, 3.8) is 0 Å². The molecule has 2 atom stereocenters. The van der Waals surface area contributed by atoms with Crippen molar-refractivity contribution in [2.24, 2.45) is 17.3 Å². The van der Waals surface area contributed by atoms with E-state index in [1.807, 2.05) is 6.92 Å². The van der Waals surface area contributed by atoms with E-state index >= 15 is 0 Å². The van der Waals surface area contributed by atoms with E-state index in [1.165, 1.54) is 6.42 Å². The minimum atomic E-state index is -0.100. The first-order valence-corrected chi connectivity index (χ1v) is 8.32. The number of hydrogen-bond acceptors (Lipinski definition) is 4. The molecule has 1 rings (SSSR count). The first-order valence-electron chi connectivity index (χ1n) is 8.32. The van der Waals surface area contributed by atoms with Gasteiger partial charge in [-0.1, -0.05) is 34.6 Å². The van der Waals surface area contributed by atoms with Gasteiger partial charge in [-0.05, 0) is 30.6 Å². The van der Waals surface area contributed by atoms with Gasteiger partial charge in [0.2, 0.25) is 0 Å². The lowest BCUT2D eigenvalue weighted by Crippen LogP contribution is -2.52. The highest BCUT2D eigenvalue weighted by atomic mass is 16.5. The Morgan fingerprint density at radius 2 is 2.00 bits per heavy atom. The predicted molar refractivity (Wildman–Crippen MR) is 87.3 cm³/mol. The molecule has 0 aromatic rings. The van der Waals surface area contributed by atoms with Gasteiger partial charge in [0.1, 0.15) is 0 Å². The van der Waals surface area contributed by atoms with Crippen LogP contribution in [0.4, 0.5) is 0 Å². The molecule has 0 aliphatic carbocycles. The lowest BCUT2D eigenvalue weighted by Gasteiger charge is -2.40. The first kappa shape index (κ1) is 18.4. The summed E-state index contributed by atoms with van der Waals surface area (Å²) in [6.45, 7) is 17.0. The molecule has 0 saturated carbocycles. The summed E-state index contributed by atoms with van der Waals surface area (Å²) in [7, 11) is 0. The Morgan fingerprint density at radius 1 is 1.33 bits per heavy atom. The second-order valence-corrected chi connectivity index (χ2v) is 7.88. The SMILES string of the molecule is CCOC(=O)CN1CC(NCC(C)(C)C)CC(C(C)C)C1. The average molecular weight is 298 g/mol. The number of piperidine rings is 1. The summed E-state index contributed by atoms with van der Waals surface area (Å²) < 4.78 is 5.09. The van der Waals surface area contributed by atoms with Crippen LogP contribution in [-0.4, -0.2) is 49.7 Å². The van der Waals surface area contributed by atoms with E-state index in [-0.39, 0.29) is 11.4 Å². The maximum absolute atomic E-state index is 11.7. The third-order valence-electron chi connectivity index (χ3n) is 4.08. The second kappa shape index (κ2) is 8.14. The highest BCUT2D eigenvalue weighted by molar-refractivity contribution is 5.71. The molecule has 1 heterocycles. The monoisotopic (exact) mass is 298 g/mol. The third-order valence-corrected chi connectivity index (χ3v) is 4.08. The summed E-state index contributed by atoms with van der Waals surface area (Å²) >= 11 is 0. The first-order chi connectivity index (χ1) is 9.71. The molecule has 0 spiro atoms. The van der Waals surface area contributed by atoms with Crippen LogP contribution in [0.15, 0.2) is 0 Å². The summed E-state index contributed by atoms with van der Waals surface area (Å²) in [6.07, 6.45) is 1.20. The number of carbonyl (C=O) groups is 1. The number of ether oxygens (including phenoxy) is 1. The van der Waals surface area contributed by atoms with Gasteiger partial charge in [0.15, 0.2) is 0 Å². The fourth-order valence-electron chi connectivity index (χ4n) is 2.83. The van der Waals surface area contributed by atoms with Gasteiger partial charge in [-0.15, -0.1) is 0 Å². The van der Waals surface area contributed by atoms with Gasteiger partial charge in [-0.3, -0.25) is 9.69 Å². The molecule has 1 N–H and O–H groups in total. The summed E-state index contributed by atoms with van der Waals surface area (Å²) in [5.41, 5.74) is 0.288. The van der Waals surface area contributed by atoms with Crippen LogP contribution in [-0.2, 0) is 9.53 Å². The number of nitrogens with zero attached hydrogens (tertiary/aromatic N) is 1. The number of likely N-dealkylation sites (tertiary alicyclic amines) is 1. The third kappa shape index (κ3) is 7.28. The fraction of sp³-hybridized carbons (Fsp3) is 0.941. The van der Waals surface area contributed by atoms with Crippen molar-refractivity contribution in [2.75, 3.05) is 32.8 Å². The molecule has 1 aliphatic rings. The zero-order valence-electron chi connectivity index (χ0n) is 14.7. The molecule has 21 heavy (non-hydrogen) atoms. The normalized spacial score (nSPS) is 24.3. The Labute approximate surface area is 130 Å². The van der Waals surface area contributed by atoms with Crippen molar-refractivity contribution in [3.8, 4) is 0 Å². The van der Waals surface area contributed by atoms with Crippen molar-refractivity contribution >= 4 is 5.97 Å². The van der Waals surface area contributed by atoms with Gasteiger partial charge in [0.25, 0.3) is 0 Å². The topological polar surface area (TPSA) is 41.6 Å². The van der Waals surface area contributed by atoms with Gasteiger partial charge >= 0.3 is 5.97 Å². The smallest absolute Gasteiger partial charge is 0.320 e. The van der Waals surface area contributed by atoms with E-state index in [2.05, 4.69) is 44.8 Å². The summed E-state index contributed by atoms with van der Waals surface area (Å²) in [5, 5.41) is 3.69. The molecular formula is C17H34N2O2. The number of rotatable bonds is 6. The highest BCUT2D eigenvalue weighted by Crippen LogP contribution is 2.24. The van der Waals surface area contributed by atoms with Crippen LogP contribution in [0.3, 0.4) is 0 Å². The van der Waals surface area contributed by atoms with Gasteiger partial charge in [0, 0.05) is 25.7 Å². The molecule has 0 bridgehead atoms. The number of esters is 1. The summed E-state index contributed by atoms with van der Waals surface area (Å²) in [5.74, 6) is 1.19. The molecule has 0 radical (unpaired) electrons. The summed E-state index contributed by atoms with van der Waals surface area (Å²) in [4.78, 5) is 14.0. The summed E-state index contributed by atoms with van der Waals surface area (Å²) in [6, 6.07) is 0.472. The van der Waals surface area contributed by atoms with E-state index in [9.17, 15) is 4.79 Å². The van der Waals surface area contributed by atoms with Gasteiger partial charge in [-0.25, -0.2) is 0 Å². The van der Waals surface area contributed by atoms with Crippen LogP contribution < -0.4 is 5.32 Å². The van der Waals surface area contributed by atoms with Crippen LogP contribution in [0.25, 0.3) is 0 Å². The van der Waals surface area contributed by atoms with Crippen molar-refractivity contribution in [1.29, 1.82) is 0 Å². The van der Waals surface area contributed by atoms with Crippen molar-refractivity contribution < 1.29 is 9.53 Å². The molecule has 0 aromatic carbocycles. The average Bonchev–Trinajstić information content (AvgIpc) is 2.35. The van der Waals surface area contributed by atoms with Crippen LogP contribution >= 0.6 is 0 Å². The quantitative estimate of drug-likeness (QED) is 0.765. The molecule has 1 fully saturated rings.